The second-order valence-electron chi connectivity index (χ2n) is 5.77. The number of hydrogen-bond acceptors (Lipinski definition) is 3. The minimum Gasteiger partial charge on any atom is -0.356 e. The van der Waals surface area contributed by atoms with Crippen molar-refractivity contribution >= 4 is 17.2 Å². The van der Waals surface area contributed by atoms with E-state index in [2.05, 4.69) is 10.3 Å². The number of benzene rings is 2. The molecule has 5 heteroatoms. The minimum absolute atomic E-state index is 0.0904. The quantitative estimate of drug-likeness (QED) is 0.692. The maximum absolute atomic E-state index is 14.3. The third-order valence-corrected chi connectivity index (χ3v) is 4.69. The largest absolute Gasteiger partial charge is 0.356 e. The average molecular weight is 354 g/mol. The Labute approximate surface area is 150 Å². The molecular formula is C20H19FN2OS. The van der Waals surface area contributed by atoms with Crippen molar-refractivity contribution in [3.63, 3.8) is 0 Å². The van der Waals surface area contributed by atoms with Crippen LogP contribution in [0.5, 0.6) is 0 Å². The van der Waals surface area contributed by atoms with Crippen molar-refractivity contribution in [2.45, 2.75) is 18.8 Å². The number of aromatic nitrogens is 1. The lowest BCUT2D eigenvalue weighted by Crippen LogP contribution is -2.27. The third kappa shape index (κ3) is 4.73. The van der Waals surface area contributed by atoms with Crippen LogP contribution in [0, 0.1) is 5.82 Å². The number of thiazole rings is 1. The van der Waals surface area contributed by atoms with Gasteiger partial charge in [-0.15, -0.1) is 11.3 Å². The van der Waals surface area contributed by atoms with Gasteiger partial charge in [0.1, 0.15) is 5.82 Å². The molecule has 1 amide bonds. The molecule has 0 saturated carbocycles. The van der Waals surface area contributed by atoms with E-state index in [0.29, 0.717) is 18.5 Å². The maximum Gasteiger partial charge on any atom is 0.220 e. The zero-order chi connectivity index (χ0) is 17.5. The van der Waals surface area contributed by atoms with Crippen molar-refractivity contribution in [3.05, 3.63) is 88.1 Å². The monoisotopic (exact) mass is 354 g/mol. The Bertz CT molecular complexity index is 806. The van der Waals surface area contributed by atoms with Crippen LogP contribution in [-0.2, 0) is 11.2 Å². The molecule has 0 aliphatic heterocycles. The number of halogens is 1. The molecule has 1 atom stereocenters. The first-order valence-corrected chi connectivity index (χ1v) is 9.11. The molecule has 0 aliphatic carbocycles. The molecule has 3 rings (SSSR count). The summed E-state index contributed by atoms with van der Waals surface area (Å²) >= 11 is 1.54. The van der Waals surface area contributed by atoms with Crippen LogP contribution >= 0.6 is 11.3 Å². The summed E-state index contributed by atoms with van der Waals surface area (Å²) in [5.74, 6) is -0.680. The molecule has 3 nitrogen and oxygen atoms in total. The van der Waals surface area contributed by atoms with Gasteiger partial charge in [-0.25, -0.2) is 9.37 Å². The Kier molecular flexibility index (Phi) is 5.90. The highest BCUT2D eigenvalue weighted by molar-refractivity contribution is 7.07. The lowest BCUT2D eigenvalue weighted by atomic mass is 9.88. The molecule has 1 aromatic heterocycles. The Balaban J connectivity index is 1.69. The average Bonchev–Trinajstić information content (AvgIpc) is 3.15. The lowest BCUT2D eigenvalue weighted by molar-refractivity contribution is -0.121. The summed E-state index contributed by atoms with van der Waals surface area (Å²) in [5.41, 5.74) is 4.23. The summed E-state index contributed by atoms with van der Waals surface area (Å²) in [6.07, 6.45) is 0.910. The lowest BCUT2D eigenvalue weighted by Gasteiger charge is -2.18. The molecule has 0 unspecified atom stereocenters. The molecule has 3 aromatic rings. The van der Waals surface area contributed by atoms with Crippen LogP contribution in [0.15, 0.2) is 65.5 Å². The molecule has 128 valence electrons. The van der Waals surface area contributed by atoms with E-state index in [-0.39, 0.29) is 24.1 Å². The van der Waals surface area contributed by atoms with Crippen molar-refractivity contribution in [3.8, 4) is 0 Å². The fraction of sp³-hybridized carbons (Fsp3) is 0.200. The van der Waals surface area contributed by atoms with E-state index in [1.807, 2.05) is 35.7 Å². The molecule has 0 aliphatic rings. The van der Waals surface area contributed by atoms with Crippen LogP contribution in [-0.4, -0.2) is 17.4 Å². The van der Waals surface area contributed by atoms with Gasteiger partial charge in [0.05, 0.1) is 11.2 Å². The van der Waals surface area contributed by atoms with E-state index in [1.54, 1.807) is 23.7 Å². The highest BCUT2D eigenvalue weighted by Gasteiger charge is 2.20. The molecule has 0 spiro atoms. The Morgan fingerprint density at radius 1 is 1.12 bits per heavy atom. The van der Waals surface area contributed by atoms with Gasteiger partial charge in [0.2, 0.25) is 5.91 Å². The van der Waals surface area contributed by atoms with Crippen LogP contribution < -0.4 is 5.32 Å². The molecular weight excluding hydrogens is 335 g/mol. The molecule has 2 aromatic carbocycles. The maximum atomic E-state index is 14.3. The van der Waals surface area contributed by atoms with Gasteiger partial charge in [0.15, 0.2) is 0 Å². The zero-order valence-electron chi connectivity index (χ0n) is 13.7. The summed E-state index contributed by atoms with van der Waals surface area (Å²) in [7, 11) is 0. The first-order chi connectivity index (χ1) is 12.2. The summed E-state index contributed by atoms with van der Waals surface area (Å²) < 4.78 is 14.3. The molecule has 0 radical (unpaired) electrons. The summed E-state index contributed by atoms with van der Waals surface area (Å²) in [5, 5.41) is 4.88. The van der Waals surface area contributed by atoms with E-state index in [1.165, 1.54) is 17.4 Å². The van der Waals surface area contributed by atoms with Gasteiger partial charge in [-0.3, -0.25) is 4.79 Å². The van der Waals surface area contributed by atoms with Crippen molar-refractivity contribution in [2.24, 2.45) is 0 Å². The normalized spacial score (nSPS) is 11.9. The van der Waals surface area contributed by atoms with Gasteiger partial charge in [-0.05, 0) is 17.2 Å². The van der Waals surface area contributed by atoms with Crippen molar-refractivity contribution < 1.29 is 9.18 Å². The number of nitrogens with one attached hydrogen (secondary N) is 1. The second-order valence-corrected chi connectivity index (χ2v) is 6.49. The van der Waals surface area contributed by atoms with Crippen LogP contribution in [0.2, 0.25) is 0 Å². The third-order valence-electron chi connectivity index (χ3n) is 4.06. The molecule has 0 fully saturated rings. The number of nitrogens with zero attached hydrogens (tertiary/aromatic N) is 1. The van der Waals surface area contributed by atoms with E-state index in [0.717, 1.165) is 11.3 Å². The highest BCUT2D eigenvalue weighted by Crippen LogP contribution is 2.29. The standard InChI is InChI=1S/C20H19FN2OS/c21-19-9-5-4-8-17(19)18(15-6-2-1-3-7-15)12-20(24)22-11-10-16-13-25-14-23-16/h1-9,13-14,18H,10-12H2,(H,22,24)/t18-/m0/s1. The van der Waals surface area contributed by atoms with E-state index in [4.69, 9.17) is 0 Å². The predicted molar refractivity (Wildman–Crippen MR) is 98.1 cm³/mol. The fourth-order valence-corrected chi connectivity index (χ4v) is 3.39. The zero-order valence-corrected chi connectivity index (χ0v) is 14.5. The Morgan fingerprint density at radius 3 is 2.60 bits per heavy atom. The smallest absolute Gasteiger partial charge is 0.220 e. The van der Waals surface area contributed by atoms with Gasteiger partial charge in [-0.1, -0.05) is 48.5 Å². The number of carbonyl (C=O) groups excluding carboxylic acids is 1. The van der Waals surface area contributed by atoms with Gasteiger partial charge in [-0.2, -0.15) is 0 Å². The first kappa shape index (κ1) is 17.3. The summed E-state index contributed by atoms with van der Waals surface area (Å²) in [4.78, 5) is 16.6. The molecule has 1 N–H and O–H groups in total. The van der Waals surface area contributed by atoms with Crippen LogP contribution in [0.25, 0.3) is 0 Å². The van der Waals surface area contributed by atoms with Crippen LogP contribution in [0.3, 0.4) is 0 Å². The van der Waals surface area contributed by atoms with E-state index < -0.39 is 0 Å². The van der Waals surface area contributed by atoms with Crippen molar-refractivity contribution in [2.75, 3.05) is 6.54 Å². The number of rotatable bonds is 7. The second kappa shape index (κ2) is 8.53. The molecule has 25 heavy (non-hydrogen) atoms. The number of carbonyl (C=O) groups is 1. The number of amides is 1. The molecule has 0 bridgehead atoms. The topological polar surface area (TPSA) is 42.0 Å². The van der Waals surface area contributed by atoms with Gasteiger partial charge >= 0.3 is 0 Å². The molecule has 1 heterocycles. The van der Waals surface area contributed by atoms with Crippen molar-refractivity contribution in [1.29, 1.82) is 0 Å². The first-order valence-electron chi connectivity index (χ1n) is 8.17. The van der Waals surface area contributed by atoms with Gasteiger partial charge in [0, 0.05) is 30.7 Å². The van der Waals surface area contributed by atoms with Gasteiger partial charge in [0.25, 0.3) is 0 Å². The van der Waals surface area contributed by atoms with E-state index in [9.17, 15) is 9.18 Å². The van der Waals surface area contributed by atoms with Crippen molar-refractivity contribution in [1.82, 2.24) is 10.3 Å². The summed E-state index contributed by atoms with van der Waals surface area (Å²) in [6, 6.07) is 16.2. The highest BCUT2D eigenvalue weighted by atomic mass is 32.1. The minimum atomic E-state index is -0.304. The van der Waals surface area contributed by atoms with Crippen LogP contribution in [0.1, 0.15) is 29.2 Å². The number of hydrogen-bond donors (Lipinski definition) is 1. The van der Waals surface area contributed by atoms with E-state index >= 15 is 0 Å². The Morgan fingerprint density at radius 2 is 1.88 bits per heavy atom. The van der Waals surface area contributed by atoms with Crippen LogP contribution in [0.4, 0.5) is 4.39 Å². The fourth-order valence-electron chi connectivity index (χ4n) is 2.80. The SMILES string of the molecule is O=C(C[C@@H](c1ccccc1)c1ccccc1F)NCCc1cscn1. The predicted octanol–water partition coefficient (Wildman–Crippen LogP) is 4.16. The van der Waals surface area contributed by atoms with Gasteiger partial charge < -0.3 is 5.32 Å². The summed E-state index contributed by atoms with van der Waals surface area (Å²) in [6.45, 7) is 0.529. The Hall–Kier alpha value is -2.53. The molecule has 0 saturated heterocycles.